The van der Waals surface area contributed by atoms with E-state index in [4.69, 9.17) is 4.74 Å². The van der Waals surface area contributed by atoms with Gasteiger partial charge in [-0.2, -0.15) is 0 Å². The maximum absolute atomic E-state index is 12.2. The number of carbonyl (C=O) groups is 3. The molecule has 2 heterocycles. The van der Waals surface area contributed by atoms with Crippen LogP contribution in [0.1, 0.15) is 19.8 Å². The van der Waals surface area contributed by atoms with Gasteiger partial charge in [-0.05, 0) is 13.3 Å². The lowest BCUT2D eigenvalue weighted by Gasteiger charge is -2.47. The molecule has 0 bridgehead atoms. The molecule has 0 aliphatic carbocycles. The number of ether oxygens (including phenoxy) is 1. The Bertz CT molecular complexity index is 462. The maximum atomic E-state index is 12.2. The third-order valence-electron chi connectivity index (χ3n) is 3.91. The molecule has 2 aliphatic rings. The molecule has 21 heavy (non-hydrogen) atoms. The first-order valence-corrected chi connectivity index (χ1v) is 7.02. The highest BCUT2D eigenvalue weighted by molar-refractivity contribution is 5.94. The monoisotopic (exact) mass is 296 g/mol. The van der Waals surface area contributed by atoms with E-state index < -0.39 is 30.2 Å². The number of aliphatic hydroxyl groups is 1. The quantitative estimate of drug-likeness (QED) is 0.555. The molecule has 7 heteroatoms. The van der Waals surface area contributed by atoms with Crippen LogP contribution in [0.15, 0.2) is 12.7 Å². The van der Waals surface area contributed by atoms with Crippen LogP contribution in [0.5, 0.6) is 0 Å². The van der Waals surface area contributed by atoms with Gasteiger partial charge in [-0.3, -0.25) is 14.5 Å². The third kappa shape index (κ3) is 2.92. The fourth-order valence-corrected chi connectivity index (χ4v) is 2.91. The predicted molar refractivity (Wildman–Crippen MR) is 73.4 cm³/mol. The minimum atomic E-state index is -0.871. The van der Waals surface area contributed by atoms with Crippen LogP contribution in [-0.4, -0.2) is 59.1 Å². The van der Waals surface area contributed by atoms with E-state index in [0.29, 0.717) is 19.4 Å². The molecule has 2 saturated heterocycles. The van der Waals surface area contributed by atoms with Crippen molar-refractivity contribution in [2.75, 3.05) is 13.2 Å². The minimum Gasteiger partial charge on any atom is -0.445 e. The second kappa shape index (κ2) is 6.26. The molecule has 2 N–H and O–H groups in total. The average Bonchev–Trinajstić information content (AvgIpc) is 2.41. The Morgan fingerprint density at radius 3 is 2.90 bits per heavy atom. The first-order chi connectivity index (χ1) is 9.97. The van der Waals surface area contributed by atoms with Gasteiger partial charge < -0.3 is 15.2 Å². The summed E-state index contributed by atoms with van der Waals surface area (Å²) in [5.41, 5.74) is 0. The van der Waals surface area contributed by atoms with Crippen molar-refractivity contribution in [2.24, 2.45) is 5.92 Å². The molecule has 0 unspecified atom stereocenters. The van der Waals surface area contributed by atoms with E-state index in [1.165, 1.54) is 17.9 Å². The molecular weight excluding hydrogens is 276 g/mol. The zero-order valence-electron chi connectivity index (χ0n) is 11.9. The van der Waals surface area contributed by atoms with Gasteiger partial charge in [0.15, 0.2) is 5.78 Å². The summed E-state index contributed by atoms with van der Waals surface area (Å²) in [7, 11) is 0. The van der Waals surface area contributed by atoms with Crippen LogP contribution < -0.4 is 5.32 Å². The number of rotatable bonds is 4. The summed E-state index contributed by atoms with van der Waals surface area (Å²) in [6, 6.07) is -1.32. The number of nitrogens with one attached hydrogen (secondary N) is 1. The normalized spacial score (nSPS) is 30.2. The molecule has 2 fully saturated rings. The molecule has 7 nitrogen and oxygen atoms in total. The first kappa shape index (κ1) is 15.5. The molecule has 0 aromatic carbocycles. The Kier molecular flexibility index (Phi) is 4.62. The van der Waals surface area contributed by atoms with Gasteiger partial charge in [0.25, 0.3) is 0 Å². The number of likely N-dealkylation sites (tertiary alicyclic amines) is 1. The molecule has 116 valence electrons. The van der Waals surface area contributed by atoms with Crippen LogP contribution in [-0.2, 0) is 14.3 Å². The van der Waals surface area contributed by atoms with E-state index in [-0.39, 0.29) is 18.3 Å². The molecule has 0 aromatic rings. The van der Waals surface area contributed by atoms with Crippen LogP contribution in [0.2, 0.25) is 0 Å². The Morgan fingerprint density at radius 1 is 1.62 bits per heavy atom. The molecule has 2 amide bonds. The van der Waals surface area contributed by atoms with Crippen molar-refractivity contribution >= 4 is 17.8 Å². The summed E-state index contributed by atoms with van der Waals surface area (Å²) in [6.45, 7) is 5.43. The minimum absolute atomic E-state index is 0.0626. The molecular formula is C14H20N2O5. The van der Waals surface area contributed by atoms with E-state index >= 15 is 0 Å². The topological polar surface area (TPSA) is 95.9 Å². The van der Waals surface area contributed by atoms with Crippen molar-refractivity contribution in [3.05, 3.63) is 12.7 Å². The third-order valence-corrected chi connectivity index (χ3v) is 3.91. The van der Waals surface area contributed by atoms with Gasteiger partial charge in [0.2, 0.25) is 5.91 Å². The lowest BCUT2D eigenvalue weighted by molar-refractivity contribution is -0.147. The van der Waals surface area contributed by atoms with E-state index in [1.807, 2.05) is 0 Å². The number of ketones is 1. The molecule has 0 aromatic heterocycles. The van der Waals surface area contributed by atoms with E-state index in [9.17, 15) is 19.5 Å². The van der Waals surface area contributed by atoms with Crippen LogP contribution in [0, 0.1) is 5.92 Å². The fourth-order valence-electron chi connectivity index (χ4n) is 2.91. The SMILES string of the molecule is C=CCOC(=O)N1CCCC(=O)[C@@H]1[C@H]1NC(=O)[C@@H]1[C@@H](C)O. The van der Waals surface area contributed by atoms with Crippen molar-refractivity contribution in [1.82, 2.24) is 10.2 Å². The molecule has 4 atom stereocenters. The summed E-state index contributed by atoms with van der Waals surface area (Å²) in [5, 5.41) is 12.3. The van der Waals surface area contributed by atoms with Crippen molar-refractivity contribution in [3.63, 3.8) is 0 Å². The van der Waals surface area contributed by atoms with Crippen LogP contribution in [0.25, 0.3) is 0 Å². The predicted octanol–water partition coefficient (Wildman–Crippen LogP) is -0.162. The highest BCUT2D eigenvalue weighted by atomic mass is 16.6. The summed E-state index contributed by atoms with van der Waals surface area (Å²) >= 11 is 0. The number of piperidine rings is 1. The van der Waals surface area contributed by atoms with Gasteiger partial charge in [-0.15, -0.1) is 0 Å². The van der Waals surface area contributed by atoms with Gasteiger partial charge >= 0.3 is 6.09 Å². The molecule has 0 saturated carbocycles. The lowest BCUT2D eigenvalue weighted by Crippen LogP contribution is -2.72. The van der Waals surface area contributed by atoms with Gasteiger partial charge in [0, 0.05) is 13.0 Å². The number of Topliss-reactive ketones (excluding diaryl/α,β-unsaturated/α-hetero) is 1. The van der Waals surface area contributed by atoms with Gasteiger partial charge in [0.05, 0.1) is 18.1 Å². The molecule has 2 aliphatic heterocycles. The highest BCUT2D eigenvalue weighted by Crippen LogP contribution is 2.29. The Morgan fingerprint density at radius 2 is 2.33 bits per heavy atom. The van der Waals surface area contributed by atoms with E-state index in [2.05, 4.69) is 11.9 Å². The average molecular weight is 296 g/mol. The Balaban J connectivity index is 2.16. The number of nitrogens with zero attached hydrogens (tertiary/aromatic N) is 1. The summed E-state index contributed by atoms with van der Waals surface area (Å²) in [4.78, 5) is 37.1. The Labute approximate surface area is 122 Å². The Hall–Kier alpha value is -1.89. The second-order valence-electron chi connectivity index (χ2n) is 5.37. The zero-order valence-corrected chi connectivity index (χ0v) is 11.9. The highest BCUT2D eigenvalue weighted by Gasteiger charge is 2.52. The summed E-state index contributed by atoms with van der Waals surface area (Å²) in [5.74, 6) is -1.09. The largest absolute Gasteiger partial charge is 0.445 e. The van der Waals surface area contributed by atoms with E-state index in [0.717, 1.165) is 0 Å². The molecule has 0 spiro atoms. The summed E-state index contributed by atoms with van der Waals surface area (Å²) in [6.07, 6.45) is 0.901. The van der Waals surface area contributed by atoms with Crippen LogP contribution in [0.4, 0.5) is 4.79 Å². The first-order valence-electron chi connectivity index (χ1n) is 7.02. The standard InChI is InChI=1S/C14H20N2O5/c1-3-7-21-14(20)16-6-4-5-9(18)12(16)11-10(8(2)17)13(19)15-11/h3,8,10-12,17H,1,4-7H2,2H3,(H,15,19)/t8-,10-,11+,12-/m1/s1. The van der Waals surface area contributed by atoms with Gasteiger partial charge in [0.1, 0.15) is 12.6 Å². The zero-order chi connectivity index (χ0) is 15.6. The van der Waals surface area contributed by atoms with Crippen LogP contribution >= 0.6 is 0 Å². The van der Waals surface area contributed by atoms with E-state index in [1.54, 1.807) is 0 Å². The number of amides is 2. The van der Waals surface area contributed by atoms with Crippen molar-refractivity contribution in [1.29, 1.82) is 0 Å². The van der Waals surface area contributed by atoms with Crippen LogP contribution in [0.3, 0.4) is 0 Å². The van der Waals surface area contributed by atoms with Crippen molar-refractivity contribution in [2.45, 2.75) is 38.0 Å². The van der Waals surface area contributed by atoms with Gasteiger partial charge in [-0.1, -0.05) is 12.7 Å². The van der Waals surface area contributed by atoms with Crippen molar-refractivity contribution in [3.8, 4) is 0 Å². The second-order valence-corrected chi connectivity index (χ2v) is 5.37. The van der Waals surface area contributed by atoms with Gasteiger partial charge in [-0.25, -0.2) is 4.79 Å². The smallest absolute Gasteiger partial charge is 0.410 e. The van der Waals surface area contributed by atoms with Crippen molar-refractivity contribution < 1.29 is 24.2 Å². The molecule has 2 rings (SSSR count). The fraction of sp³-hybridized carbons (Fsp3) is 0.643. The summed E-state index contributed by atoms with van der Waals surface area (Å²) < 4.78 is 4.99. The lowest BCUT2D eigenvalue weighted by atomic mass is 9.78. The number of hydrogen-bond donors (Lipinski definition) is 2. The number of β-lactam (4-membered cyclic amide) rings is 1. The number of hydrogen-bond acceptors (Lipinski definition) is 5. The molecule has 0 radical (unpaired) electrons. The number of aliphatic hydroxyl groups excluding tert-OH is 1. The maximum Gasteiger partial charge on any atom is 0.410 e. The number of carbonyl (C=O) groups excluding carboxylic acids is 3.